The Morgan fingerprint density at radius 2 is 1.76 bits per heavy atom. The quantitative estimate of drug-likeness (QED) is 0.273. The summed E-state index contributed by atoms with van der Waals surface area (Å²) in [6, 6.07) is 12.0. The second-order valence-corrected chi connectivity index (χ2v) is 9.00. The Kier molecular flexibility index (Phi) is 6.36. The Labute approximate surface area is 219 Å². The van der Waals surface area contributed by atoms with Crippen LogP contribution in [-0.2, 0) is 9.59 Å². The number of carbonyl (C=O) groups excluding carboxylic acids is 2. The van der Waals surface area contributed by atoms with Gasteiger partial charge in [0.25, 0.3) is 11.7 Å². The lowest BCUT2D eigenvalue weighted by molar-refractivity contribution is -0.132. The van der Waals surface area contributed by atoms with E-state index in [1.54, 1.807) is 63.4 Å². The molecule has 1 saturated heterocycles. The average molecular weight is 518 g/mol. The van der Waals surface area contributed by atoms with E-state index in [0.29, 0.717) is 46.2 Å². The van der Waals surface area contributed by atoms with Gasteiger partial charge in [-0.3, -0.25) is 14.5 Å². The van der Waals surface area contributed by atoms with E-state index < -0.39 is 17.7 Å². The lowest BCUT2D eigenvalue weighted by Crippen LogP contribution is -2.29. The van der Waals surface area contributed by atoms with Crippen LogP contribution in [0.5, 0.6) is 28.7 Å². The topological polar surface area (TPSA) is 115 Å². The zero-order valence-corrected chi connectivity index (χ0v) is 21.4. The minimum absolute atomic E-state index is 0.0484. The number of fused-ring (bicyclic) bond motifs is 1. The van der Waals surface area contributed by atoms with Gasteiger partial charge in [-0.15, -0.1) is 0 Å². The highest BCUT2D eigenvalue weighted by atomic mass is 16.7. The number of carbonyl (C=O) groups is 2. The van der Waals surface area contributed by atoms with Gasteiger partial charge in [-0.25, -0.2) is 0 Å². The molecule has 0 radical (unpaired) electrons. The summed E-state index contributed by atoms with van der Waals surface area (Å²) in [5.74, 6) is -0.273. The van der Waals surface area contributed by atoms with Crippen molar-refractivity contribution in [2.45, 2.75) is 26.8 Å². The number of rotatable bonds is 6. The normalized spacial score (nSPS) is 17.7. The Morgan fingerprint density at radius 3 is 2.50 bits per heavy atom. The smallest absolute Gasteiger partial charge is 0.300 e. The number of ether oxygens (including phenoxy) is 4. The Balaban J connectivity index is 1.74. The molecule has 0 bridgehead atoms. The molecule has 1 unspecified atom stereocenters. The van der Waals surface area contributed by atoms with Crippen LogP contribution >= 0.6 is 0 Å². The van der Waals surface area contributed by atoms with Crippen LogP contribution in [0, 0.1) is 13.8 Å². The number of aryl methyl sites for hydroxylation is 2. The number of phenolic OH excluding ortho intramolecular Hbond substituents is 1. The molecule has 5 rings (SSSR count). The first-order valence-electron chi connectivity index (χ1n) is 12.1. The van der Waals surface area contributed by atoms with Crippen molar-refractivity contribution >= 4 is 23.1 Å². The first-order chi connectivity index (χ1) is 18.2. The zero-order valence-electron chi connectivity index (χ0n) is 21.4. The number of nitrogens with zero attached hydrogens (tertiary/aromatic N) is 1. The third-order valence-electron chi connectivity index (χ3n) is 6.68. The number of aliphatic hydroxyl groups excluding tert-OH is 1. The molecule has 9 heteroatoms. The van der Waals surface area contributed by atoms with E-state index >= 15 is 0 Å². The molecule has 2 aliphatic heterocycles. The van der Waals surface area contributed by atoms with Crippen LogP contribution in [0.25, 0.3) is 5.76 Å². The number of amides is 1. The van der Waals surface area contributed by atoms with Gasteiger partial charge in [0.2, 0.25) is 6.79 Å². The molecular weight excluding hydrogens is 490 g/mol. The summed E-state index contributed by atoms with van der Waals surface area (Å²) < 4.78 is 21.8. The number of ketones is 1. The third-order valence-corrected chi connectivity index (χ3v) is 6.68. The van der Waals surface area contributed by atoms with Crippen LogP contribution in [0.15, 0.2) is 54.1 Å². The van der Waals surface area contributed by atoms with Gasteiger partial charge in [0.05, 0.1) is 25.3 Å². The van der Waals surface area contributed by atoms with Gasteiger partial charge in [-0.05, 0) is 73.9 Å². The SMILES string of the molecule is CCOc1cc(C2/C(=C(\O)c3cc(C)c(OC)cc3C)C(=O)C(=O)N2c2ccc3c(c2)OCO3)ccc1O. The van der Waals surface area contributed by atoms with Gasteiger partial charge < -0.3 is 29.2 Å². The van der Waals surface area contributed by atoms with Gasteiger partial charge >= 0.3 is 0 Å². The largest absolute Gasteiger partial charge is 0.507 e. The predicted octanol–water partition coefficient (Wildman–Crippen LogP) is 4.77. The lowest BCUT2D eigenvalue weighted by Gasteiger charge is -2.26. The molecular formula is C29H27NO8. The molecule has 2 N–H and O–H groups in total. The minimum atomic E-state index is -1.02. The molecule has 2 aliphatic rings. The van der Waals surface area contributed by atoms with Crippen LogP contribution in [0.4, 0.5) is 5.69 Å². The van der Waals surface area contributed by atoms with Crippen LogP contribution < -0.4 is 23.8 Å². The molecule has 1 fully saturated rings. The van der Waals surface area contributed by atoms with E-state index in [9.17, 15) is 19.8 Å². The van der Waals surface area contributed by atoms with Crippen LogP contribution in [0.3, 0.4) is 0 Å². The molecule has 196 valence electrons. The average Bonchev–Trinajstić information content (AvgIpc) is 3.48. The molecule has 0 saturated carbocycles. The highest BCUT2D eigenvalue weighted by Gasteiger charge is 2.47. The van der Waals surface area contributed by atoms with Crippen LogP contribution in [0.2, 0.25) is 0 Å². The van der Waals surface area contributed by atoms with E-state index in [-0.39, 0.29) is 29.6 Å². The summed E-state index contributed by atoms with van der Waals surface area (Å²) in [6.07, 6.45) is 0. The maximum Gasteiger partial charge on any atom is 0.300 e. The number of methoxy groups -OCH3 is 1. The standard InChI is InChI=1S/C29H27NO8/c1-5-36-23-12-17(6-8-20(23)31)26-25(27(32)19-10-16(3)22(35-4)11-15(19)2)28(33)29(34)30(26)18-7-9-21-24(13-18)38-14-37-21/h6-13,26,31-32H,5,14H2,1-4H3/b27-25+. The fourth-order valence-electron chi connectivity index (χ4n) is 4.83. The molecule has 0 aromatic heterocycles. The second-order valence-electron chi connectivity index (χ2n) is 9.00. The van der Waals surface area contributed by atoms with Crippen molar-refractivity contribution in [3.63, 3.8) is 0 Å². The summed E-state index contributed by atoms with van der Waals surface area (Å²) in [7, 11) is 1.55. The van der Waals surface area contributed by atoms with Crippen molar-refractivity contribution in [3.8, 4) is 28.7 Å². The van der Waals surface area contributed by atoms with Crippen molar-refractivity contribution < 1.29 is 38.7 Å². The van der Waals surface area contributed by atoms with Crippen molar-refractivity contribution in [2.24, 2.45) is 0 Å². The zero-order chi connectivity index (χ0) is 27.1. The summed E-state index contributed by atoms with van der Waals surface area (Å²) >= 11 is 0. The number of Topliss-reactive ketones (excluding diaryl/α,β-unsaturated/α-hetero) is 1. The monoisotopic (exact) mass is 517 g/mol. The summed E-state index contributed by atoms with van der Waals surface area (Å²) in [5.41, 5.74) is 2.58. The molecule has 1 amide bonds. The van der Waals surface area contributed by atoms with Gasteiger partial charge in [-0.1, -0.05) is 6.07 Å². The Morgan fingerprint density at radius 1 is 1.00 bits per heavy atom. The predicted molar refractivity (Wildman–Crippen MR) is 139 cm³/mol. The van der Waals surface area contributed by atoms with E-state index in [0.717, 1.165) is 5.56 Å². The fraction of sp³-hybridized carbons (Fsp3) is 0.241. The van der Waals surface area contributed by atoms with E-state index in [1.807, 2.05) is 6.92 Å². The number of hydrogen-bond acceptors (Lipinski definition) is 8. The maximum absolute atomic E-state index is 13.5. The van der Waals surface area contributed by atoms with Crippen molar-refractivity contribution in [1.82, 2.24) is 0 Å². The van der Waals surface area contributed by atoms with Crippen molar-refractivity contribution in [3.05, 3.63) is 76.4 Å². The number of hydrogen-bond donors (Lipinski definition) is 2. The third kappa shape index (κ3) is 4.06. The molecule has 3 aromatic rings. The molecule has 38 heavy (non-hydrogen) atoms. The molecule has 3 aromatic carbocycles. The number of phenols is 1. The molecule has 0 spiro atoms. The highest BCUT2D eigenvalue weighted by Crippen LogP contribution is 2.46. The van der Waals surface area contributed by atoms with Crippen LogP contribution in [-0.4, -0.2) is 42.4 Å². The Bertz CT molecular complexity index is 1490. The van der Waals surface area contributed by atoms with E-state index in [4.69, 9.17) is 18.9 Å². The fourth-order valence-corrected chi connectivity index (χ4v) is 4.83. The summed E-state index contributed by atoms with van der Waals surface area (Å²) in [6.45, 7) is 5.73. The van der Waals surface area contributed by atoms with Crippen molar-refractivity contribution in [2.75, 3.05) is 25.4 Å². The second kappa shape index (κ2) is 9.66. The Hall–Kier alpha value is -4.66. The summed E-state index contributed by atoms with van der Waals surface area (Å²) in [4.78, 5) is 28.4. The first kappa shape index (κ1) is 25.0. The first-order valence-corrected chi connectivity index (χ1v) is 12.1. The highest BCUT2D eigenvalue weighted by molar-refractivity contribution is 6.51. The molecule has 9 nitrogen and oxygen atoms in total. The number of aromatic hydroxyl groups is 1. The van der Waals surface area contributed by atoms with Crippen LogP contribution in [0.1, 0.15) is 35.2 Å². The molecule has 0 aliphatic carbocycles. The minimum Gasteiger partial charge on any atom is -0.507 e. The van der Waals surface area contributed by atoms with E-state index in [2.05, 4.69) is 0 Å². The molecule has 2 heterocycles. The van der Waals surface area contributed by atoms with Crippen molar-refractivity contribution in [1.29, 1.82) is 0 Å². The van der Waals surface area contributed by atoms with E-state index in [1.165, 1.54) is 11.0 Å². The summed E-state index contributed by atoms with van der Waals surface area (Å²) in [5, 5.41) is 21.9. The number of benzene rings is 3. The lowest BCUT2D eigenvalue weighted by atomic mass is 9.92. The number of aliphatic hydroxyl groups is 1. The maximum atomic E-state index is 13.5. The van der Waals surface area contributed by atoms with Gasteiger partial charge in [0.15, 0.2) is 23.0 Å². The molecule has 1 atom stereocenters. The van der Waals surface area contributed by atoms with Gasteiger partial charge in [-0.2, -0.15) is 0 Å². The van der Waals surface area contributed by atoms with Gasteiger partial charge in [0.1, 0.15) is 11.5 Å². The van der Waals surface area contributed by atoms with Gasteiger partial charge in [0, 0.05) is 17.3 Å². The number of anilines is 1.